The van der Waals surface area contributed by atoms with Gasteiger partial charge in [0, 0.05) is 29.1 Å². The molecule has 2 nitrogen and oxygen atoms in total. The van der Waals surface area contributed by atoms with E-state index in [1.807, 2.05) is 12.1 Å². The molecule has 0 aliphatic heterocycles. The van der Waals surface area contributed by atoms with Crippen LogP contribution in [0.4, 0.5) is 0 Å². The minimum absolute atomic E-state index is 0.0279. The molecule has 0 saturated heterocycles. The first-order valence-electron chi connectivity index (χ1n) is 11.5. The molecule has 1 fully saturated rings. The summed E-state index contributed by atoms with van der Waals surface area (Å²) in [4.78, 5) is 12.2. The molecule has 0 bridgehead atoms. The number of allylic oxidation sites excluding steroid dienone is 4. The van der Waals surface area contributed by atoms with E-state index in [-0.39, 0.29) is 27.8 Å². The number of fused-ring (bicyclic) bond motifs is 1. The summed E-state index contributed by atoms with van der Waals surface area (Å²) in [6.45, 7) is 11.5. The van der Waals surface area contributed by atoms with E-state index in [1.165, 1.54) is 27.8 Å². The van der Waals surface area contributed by atoms with E-state index in [9.17, 15) is 9.90 Å². The van der Waals surface area contributed by atoms with Crippen LogP contribution in [0.5, 0.6) is 0 Å². The van der Waals surface area contributed by atoms with E-state index < -0.39 is 0 Å². The van der Waals surface area contributed by atoms with Crippen LogP contribution in [0.25, 0.3) is 5.57 Å². The number of Topliss-reactive ketones (excluding diaryl/α,β-unsaturated/α-hetero) is 1. The van der Waals surface area contributed by atoms with Crippen molar-refractivity contribution >= 4 is 11.4 Å². The first-order valence-corrected chi connectivity index (χ1v) is 11.5. The van der Waals surface area contributed by atoms with E-state index in [1.54, 1.807) is 0 Å². The molecular weight excluding hydrogens is 380 g/mol. The van der Waals surface area contributed by atoms with Gasteiger partial charge in [-0.3, -0.25) is 4.79 Å². The van der Waals surface area contributed by atoms with Gasteiger partial charge < -0.3 is 5.11 Å². The molecule has 0 atom stereocenters. The van der Waals surface area contributed by atoms with Crippen LogP contribution >= 0.6 is 0 Å². The van der Waals surface area contributed by atoms with Crippen molar-refractivity contribution in [2.75, 3.05) is 0 Å². The molecule has 5 rings (SSSR count). The van der Waals surface area contributed by atoms with E-state index in [0.717, 1.165) is 18.4 Å². The Labute approximate surface area is 185 Å². The zero-order valence-corrected chi connectivity index (χ0v) is 19.3. The number of carbonyl (C=O) groups is 1. The highest BCUT2D eigenvalue weighted by Crippen LogP contribution is 2.56. The number of ketones is 1. The number of hydrogen-bond donors (Lipinski definition) is 1. The van der Waals surface area contributed by atoms with Crippen molar-refractivity contribution in [3.63, 3.8) is 0 Å². The third-order valence-corrected chi connectivity index (χ3v) is 7.82. The minimum atomic E-state index is 0.0279. The standard InChI is InChI=1S/C29H32O2/c1-18-16-22-23(28(4,5)13-12-27(22,2)3)17-21(18)29(14-15-29)20-8-6-19(7-9-20)26-24(30)10-11-25(26)31/h6-9,12-13,16-17,30H,10-11,14-15H2,1-5H3. The quantitative estimate of drug-likeness (QED) is 0.561. The summed E-state index contributed by atoms with van der Waals surface area (Å²) < 4.78 is 0. The topological polar surface area (TPSA) is 37.3 Å². The van der Waals surface area contributed by atoms with Crippen molar-refractivity contribution in [2.24, 2.45) is 0 Å². The molecule has 1 saturated carbocycles. The maximum atomic E-state index is 12.2. The average Bonchev–Trinajstić information content (AvgIpc) is 3.45. The Morgan fingerprint density at radius 3 is 1.90 bits per heavy atom. The lowest BCUT2D eigenvalue weighted by Crippen LogP contribution is -2.30. The predicted molar refractivity (Wildman–Crippen MR) is 127 cm³/mol. The third kappa shape index (κ3) is 3.03. The molecule has 160 valence electrons. The van der Waals surface area contributed by atoms with Crippen LogP contribution in [0.15, 0.2) is 54.3 Å². The molecule has 0 radical (unpaired) electrons. The lowest BCUT2D eigenvalue weighted by Gasteiger charge is -2.38. The van der Waals surface area contributed by atoms with Gasteiger partial charge in [-0.25, -0.2) is 0 Å². The summed E-state index contributed by atoms with van der Waals surface area (Å²) in [5.41, 5.74) is 8.50. The molecule has 0 spiro atoms. The van der Waals surface area contributed by atoms with Gasteiger partial charge in [0.05, 0.1) is 5.57 Å². The minimum Gasteiger partial charge on any atom is -0.512 e. The smallest absolute Gasteiger partial charge is 0.167 e. The van der Waals surface area contributed by atoms with Gasteiger partial charge in [-0.2, -0.15) is 0 Å². The van der Waals surface area contributed by atoms with Gasteiger partial charge in [-0.05, 0) is 53.1 Å². The largest absolute Gasteiger partial charge is 0.512 e. The molecule has 1 N–H and O–H groups in total. The highest BCUT2D eigenvalue weighted by atomic mass is 16.3. The summed E-state index contributed by atoms with van der Waals surface area (Å²) in [7, 11) is 0. The van der Waals surface area contributed by atoms with Gasteiger partial charge in [0.2, 0.25) is 0 Å². The van der Waals surface area contributed by atoms with Crippen molar-refractivity contribution in [3.8, 4) is 0 Å². The maximum absolute atomic E-state index is 12.2. The lowest BCUT2D eigenvalue weighted by atomic mass is 9.66. The fourth-order valence-corrected chi connectivity index (χ4v) is 5.65. The molecule has 0 amide bonds. The SMILES string of the molecule is Cc1cc2c(cc1C1(c3ccc(C4=C(O)CCC4=O)cc3)CC1)C(C)(C)C=CC2(C)C. The zero-order valence-electron chi connectivity index (χ0n) is 19.3. The van der Waals surface area contributed by atoms with E-state index in [4.69, 9.17) is 0 Å². The van der Waals surface area contributed by atoms with Crippen molar-refractivity contribution < 1.29 is 9.90 Å². The number of rotatable bonds is 3. The molecule has 31 heavy (non-hydrogen) atoms. The van der Waals surface area contributed by atoms with Crippen LogP contribution in [-0.2, 0) is 21.0 Å². The molecule has 2 heteroatoms. The molecule has 0 heterocycles. The molecule has 0 aromatic heterocycles. The highest BCUT2D eigenvalue weighted by Gasteiger charge is 2.48. The van der Waals surface area contributed by atoms with E-state index >= 15 is 0 Å². The van der Waals surface area contributed by atoms with Gasteiger partial charge in [0.1, 0.15) is 5.76 Å². The molecule has 2 aromatic carbocycles. The number of aliphatic hydroxyl groups is 1. The van der Waals surface area contributed by atoms with Gasteiger partial charge in [-0.15, -0.1) is 0 Å². The average molecular weight is 413 g/mol. The van der Waals surface area contributed by atoms with Gasteiger partial charge in [0.15, 0.2) is 5.78 Å². The summed E-state index contributed by atoms with van der Waals surface area (Å²) in [6.07, 6.45) is 7.91. The summed E-state index contributed by atoms with van der Waals surface area (Å²) in [5, 5.41) is 10.1. The first kappa shape index (κ1) is 20.3. The second-order valence-corrected chi connectivity index (χ2v) is 10.9. The number of carbonyl (C=O) groups excluding carboxylic acids is 1. The molecule has 3 aliphatic rings. The van der Waals surface area contributed by atoms with Crippen LogP contribution in [-0.4, -0.2) is 10.9 Å². The normalized spacial score (nSPS) is 22.5. The first-order chi connectivity index (χ1) is 14.6. The molecule has 2 aromatic rings. The fourth-order valence-electron chi connectivity index (χ4n) is 5.65. The number of aryl methyl sites for hydroxylation is 1. The summed E-state index contributed by atoms with van der Waals surface area (Å²) in [6, 6.07) is 13.3. The van der Waals surface area contributed by atoms with Crippen LogP contribution in [0.1, 0.15) is 86.8 Å². The highest BCUT2D eigenvalue weighted by molar-refractivity contribution is 6.23. The number of hydrogen-bond acceptors (Lipinski definition) is 2. The second kappa shape index (κ2) is 6.45. The van der Waals surface area contributed by atoms with Gasteiger partial charge >= 0.3 is 0 Å². The van der Waals surface area contributed by atoms with Gasteiger partial charge in [-0.1, -0.05) is 76.2 Å². The van der Waals surface area contributed by atoms with Crippen molar-refractivity contribution in [3.05, 3.63) is 87.7 Å². The van der Waals surface area contributed by atoms with Crippen molar-refractivity contribution in [1.82, 2.24) is 0 Å². The summed E-state index contributed by atoms with van der Waals surface area (Å²) in [5.74, 6) is 0.289. The van der Waals surface area contributed by atoms with E-state index in [0.29, 0.717) is 18.4 Å². The van der Waals surface area contributed by atoms with Crippen LogP contribution in [0.2, 0.25) is 0 Å². The van der Waals surface area contributed by atoms with E-state index in [2.05, 4.69) is 71.0 Å². The van der Waals surface area contributed by atoms with Crippen LogP contribution < -0.4 is 0 Å². The monoisotopic (exact) mass is 412 g/mol. The second-order valence-electron chi connectivity index (χ2n) is 10.9. The third-order valence-electron chi connectivity index (χ3n) is 7.82. The summed E-state index contributed by atoms with van der Waals surface area (Å²) >= 11 is 0. The molecular formula is C29H32O2. The number of aliphatic hydroxyl groups excluding tert-OH is 1. The van der Waals surface area contributed by atoms with Crippen LogP contribution in [0.3, 0.4) is 0 Å². The Morgan fingerprint density at radius 1 is 0.806 bits per heavy atom. The molecule has 0 unspecified atom stereocenters. The number of benzene rings is 2. The van der Waals surface area contributed by atoms with Crippen LogP contribution in [0, 0.1) is 6.92 Å². The Balaban J connectivity index is 1.57. The van der Waals surface area contributed by atoms with Crippen molar-refractivity contribution in [1.29, 1.82) is 0 Å². The lowest BCUT2D eigenvalue weighted by molar-refractivity contribution is -0.113. The fraction of sp³-hybridized carbons (Fsp3) is 0.414. The Kier molecular flexibility index (Phi) is 4.22. The van der Waals surface area contributed by atoms with Gasteiger partial charge in [0.25, 0.3) is 0 Å². The zero-order chi connectivity index (χ0) is 22.2. The Hall–Kier alpha value is -2.61. The maximum Gasteiger partial charge on any atom is 0.167 e. The predicted octanol–water partition coefficient (Wildman–Crippen LogP) is 6.83. The van der Waals surface area contributed by atoms with Crippen molar-refractivity contribution in [2.45, 2.75) is 76.5 Å². The molecule has 3 aliphatic carbocycles. The Bertz CT molecular complexity index is 1150. The Morgan fingerprint density at radius 2 is 1.39 bits per heavy atom.